The van der Waals surface area contributed by atoms with Gasteiger partial charge in [-0.2, -0.15) is 0 Å². The molecular weight excluding hydrogens is 284 g/mol. The molecular formula is C17H18O3S. The first-order valence-electron chi connectivity index (χ1n) is 6.88. The second kappa shape index (κ2) is 8.37. The van der Waals surface area contributed by atoms with E-state index in [0.717, 1.165) is 11.3 Å². The zero-order chi connectivity index (χ0) is 14.9. The third kappa shape index (κ3) is 4.83. The predicted octanol–water partition coefficient (Wildman–Crippen LogP) is 4.38. The van der Waals surface area contributed by atoms with Crippen LogP contribution in [0.4, 0.5) is 0 Å². The molecule has 0 radical (unpaired) electrons. The van der Waals surface area contributed by atoms with Crippen LogP contribution in [0.25, 0.3) is 0 Å². The summed E-state index contributed by atoms with van der Waals surface area (Å²) in [5.41, 5.74) is 0.472. The van der Waals surface area contributed by atoms with Gasteiger partial charge in [0.05, 0.1) is 6.61 Å². The normalized spacial score (nSPS) is 10.1. The lowest BCUT2D eigenvalue weighted by molar-refractivity contribution is 0.0501. The van der Waals surface area contributed by atoms with Crippen molar-refractivity contribution in [2.24, 2.45) is 0 Å². The van der Waals surface area contributed by atoms with Crippen molar-refractivity contribution in [2.45, 2.75) is 18.2 Å². The highest BCUT2D eigenvalue weighted by Gasteiger charge is 2.13. The van der Waals surface area contributed by atoms with Gasteiger partial charge < -0.3 is 9.47 Å². The first kappa shape index (κ1) is 15.4. The molecule has 0 aliphatic carbocycles. The Morgan fingerprint density at radius 2 is 1.76 bits per heavy atom. The van der Waals surface area contributed by atoms with Crippen molar-refractivity contribution in [1.82, 2.24) is 0 Å². The number of rotatable bonds is 7. The lowest BCUT2D eigenvalue weighted by Gasteiger charge is -2.10. The van der Waals surface area contributed by atoms with Crippen LogP contribution in [0.2, 0.25) is 0 Å². The van der Waals surface area contributed by atoms with Crippen LogP contribution in [0.1, 0.15) is 23.7 Å². The van der Waals surface area contributed by atoms with Gasteiger partial charge in [0, 0.05) is 4.90 Å². The minimum absolute atomic E-state index is 0.336. The summed E-state index contributed by atoms with van der Waals surface area (Å²) in [5.74, 6) is 0.668. The van der Waals surface area contributed by atoms with E-state index in [4.69, 9.17) is 9.47 Å². The van der Waals surface area contributed by atoms with Gasteiger partial charge in [-0.1, -0.05) is 49.0 Å². The zero-order valence-corrected chi connectivity index (χ0v) is 12.8. The fourth-order valence-electron chi connectivity index (χ4n) is 1.71. The molecule has 4 heteroatoms. The summed E-state index contributed by atoms with van der Waals surface area (Å²) in [6, 6.07) is 17.2. The topological polar surface area (TPSA) is 35.5 Å². The first-order chi connectivity index (χ1) is 10.3. The van der Waals surface area contributed by atoms with E-state index in [1.165, 1.54) is 0 Å². The summed E-state index contributed by atoms with van der Waals surface area (Å²) in [6.45, 7) is 2.39. The van der Waals surface area contributed by atoms with Gasteiger partial charge in [0.15, 0.2) is 0 Å². The smallest absolute Gasteiger partial charge is 0.341 e. The van der Waals surface area contributed by atoms with Gasteiger partial charge in [-0.15, -0.1) is 0 Å². The van der Waals surface area contributed by atoms with E-state index in [-0.39, 0.29) is 5.97 Å². The number of esters is 1. The summed E-state index contributed by atoms with van der Waals surface area (Å²) in [6.07, 6.45) is 0.804. The molecule has 110 valence electrons. The number of ether oxygens (including phenoxy) is 2. The van der Waals surface area contributed by atoms with Crippen molar-refractivity contribution in [1.29, 1.82) is 0 Å². The Labute approximate surface area is 129 Å². The molecule has 0 fully saturated rings. The van der Waals surface area contributed by atoms with Gasteiger partial charge in [0.25, 0.3) is 0 Å². The average Bonchev–Trinajstić information content (AvgIpc) is 2.54. The van der Waals surface area contributed by atoms with Gasteiger partial charge in [-0.25, -0.2) is 4.79 Å². The molecule has 0 bridgehead atoms. The molecule has 3 nitrogen and oxygen atoms in total. The van der Waals surface area contributed by atoms with Crippen LogP contribution in [0.3, 0.4) is 0 Å². The highest BCUT2D eigenvalue weighted by atomic mass is 32.2. The van der Waals surface area contributed by atoms with E-state index in [1.54, 1.807) is 30.0 Å². The van der Waals surface area contributed by atoms with Crippen LogP contribution in [0.15, 0.2) is 59.5 Å². The van der Waals surface area contributed by atoms with Gasteiger partial charge in [0.1, 0.15) is 17.3 Å². The summed E-state index contributed by atoms with van der Waals surface area (Å²) >= 11 is 1.58. The Hall–Kier alpha value is -1.94. The maximum Gasteiger partial charge on any atom is 0.341 e. The van der Waals surface area contributed by atoms with E-state index in [2.05, 4.69) is 0 Å². The molecule has 0 spiro atoms. The standard InChI is InChI=1S/C17H18O3S/c1-2-12-19-17(18)15-10-6-7-11-16(15)20-13-21-14-8-4-3-5-9-14/h3-11H,2,12-13H2,1H3. The molecule has 0 aliphatic rings. The first-order valence-corrected chi connectivity index (χ1v) is 7.86. The van der Waals surface area contributed by atoms with Crippen molar-refractivity contribution in [2.75, 3.05) is 12.5 Å². The molecule has 0 N–H and O–H groups in total. The molecule has 0 unspecified atom stereocenters. The van der Waals surface area contributed by atoms with E-state index >= 15 is 0 Å². The molecule has 0 saturated carbocycles. The second-order valence-corrected chi connectivity index (χ2v) is 5.35. The number of thioether (sulfide) groups is 1. The van der Waals surface area contributed by atoms with Crippen LogP contribution in [0, 0.1) is 0 Å². The Kier molecular flexibility index (Phi) is 6.16. The van der Waals surface area contributed by atoms with Gasteiger partial charge in [0.2, 0.25) is 0 Å². The van der Waals surface area contributed by atoms with Crippen LogP contribution in [-0.2, 0) is 4.74 Å². The number of carbonyl (C=O) groups is 1. The quantitative estimate of drug-likeness (QED) is 0.432. The molecule has 0 saturated heterocycles. The van der Waals surface area contributed by atoms with Gasteiger partial charge in [-0.3, -0.25) is 0 Å². The molecule has 21 heavy (non-hydrogen) atoms. The third-order valence-corrected chi connectivity index (χ3v) is 3.57. The molecule has 0 atom stereocenters. The summed E-state index contributed by atoms with van der Waals surface area (Å²) in [5, 5.41) is 0. The largest absolute Gasteiger partial charge is 0.482 e. The van der Waals surface area contributed by atoms with Crippen molar-refractivity contribution >= 4 is 17.7 Å². The zero-order valence-electron chi connectivity index (χ0n) is 12.0. The molecule has 0 amide bonds. The minimum Gasteiger partial charge on any atom is -0.482 e. The highest BCUT2D eigenvalue weighted by Crippen LogP contribution is 2.23. The molecule has 0 aliphatic heterocycles. The summed E-state index contributed by atoms with van der Waals surface area (Å²) in [7, 11) is 0. The number of hydrogen-bond acceptors (Lipinski definition) is 4. The van der Waals surface area contributed by atoms with E-state index < -0.39 is 0 Å². The molecule has 2 aromatic rings. The fourth-order valence-corrected chi connectivity index (χ4v) is 2.38. The van der Waals surface area contributed by atoms with Crippen LogP contribution in [0.5, 0.6) is 5.75 Å². The number of hydrogen-bond donors (Lipinski definition) is 0. The monoisotopic (exact) mass is 302 g/mol. The molecule has 0 aromatic heterocycles. The maximum atomic E-state index is 11.9. The Bertz CT molecular complexity index is 569. The number of para-hydroxylation sites is 1. The van der Waals surface area contributed by atoms with Gasteiger partial charge in [-0.05, 0) is 30.7 Å². The Morgan fingerprint density at radius 3 is 2.52 bits per heavy atom. The van der Waals surface area contributed by atoms with Crippen molar-refractivity contribution in [3.8, 4) is 5.75 Å². The SMILES string of the molecule is CCCOC(=O)c1ccccc1OCSc1ccccc1. The minimum atomic E-state index is -0.336. The molecule has 2 aromatic carbocycles. The van der Waals surface area contributed by atoms with Crippen LogP contribution < -0.4 is 4.74 Å². The Balaban J connectivity index is 1.95. The summed E-state index contributed by atoms with van der Waals surface area (Å²) < 4.78 is 10.9. The average molecular weight is 302 g/mol. The van der Waals surface area contributed by atoms with E-state index in [9.17, 15) is 4.79 Å². The number of carbonyl (C=O) groups excluding carboxylic acids is 1. The van der Waals surface area contributed by atoms with Crippen LogP contribution >= 0.6 is 11.8 Å². The van der Waals surface area contributed by atoms with Crippen molar-refractivity contribution in [3.05, 3.63) is 60.2 Å². The second-order valence-electron chi connectivity index (χ2n) is 4.35. The lowest BCUT2D eigenvalue weighted by Crippen LogP contribution is -2.08. The molecule has 2 rings (SSSR count). The van der Waals surface area contributed by atoms with E-state index in [1.807, 2.05) is 43.3 Å². The third-order valence-electron chi connectivity index (χ3n) is 2.73. The lowest BCUT2D eigenvalue weighted by atomic mass is 10.2. The van der Waals surface area contributed by atoms with E-state index in [0.29, 0.717) is 23.9 Å². The van der Waals surface area contributed by atoms with Crippen molar-refractivity contribution < 1.29 is 14.3 Å². The predicted molar refractivity (Wildman–Crippen MR) is 84.8 cm³/mol. The van der Waals surface area contributed by atoms with Gasteiger partial charge >= 0.3 is 5.97 Å². The fraction of sp³-hybridized carbons (Fsp3) is 0.235. The van der Waals surface area contributed by atoms with Crippen LogP contribution in [-0.4, -0.2) is 18.5 Å². The Morgan fingerprint density at radius 1 is 1.05 bits per heavy atom. The van der Waals surface area contributed by atoms with Crippen molar-refractivity contribution in [3.63, 3.8) is 0 Å². The highest BCUT2D eigenvalue weighted by molar-refractivity contribution is 7.99. The maximum absolute atomic E-state index is 11.9. The summed E-state index contributed by atoms with van der Waals surface area (Å²) in [4.78, 5) is 13.1. The molecule has 0 heterocycles. The number of benzene rings is 2.